The van der Waals surface area contributed by atoms with Crippen LogP contribution in [0.25, 0.3) is 0 Å². The van der Waals surface area contributed by atoms with E-state index in [0.29, 0.717) is 0 Å². The summed E-state index contributed by atoms with van der Waals surface area (Å²) in [6.45, 7) is 8.24. The van der Waals surface area contributed by atoms with Crippen LogP contribution < -0.4 is 21.7 Å². The lowest BCUT2D eigenvalue weighted by molar-refractivity contribution is -0.217. The van der Waals surface area contributed by atoms with Crippen molar-refractivity contribution < 1.29 is 53.5 Å². The van der Waals surface area contributed by atoms with Crippen LogP contribution in [0.5, 0.6) is 0 Å². The van der Waals surface area contributed by atoms with Crippen molar-refractivity contribution in [2.75, 3.05) is 0 Å². The minimum Gasteiger partial charge on any atom is -0.481 e. The number of aliphatic hydroxyl groups excluding tert-OH is 1. The zero-order valence-electron chi connectivity index (χ0n) is 22.7. The smallest absolute Gasteiger partial charge is 0.326 e. The summed E-state index contributed by atoms with van der Waals surface area (Å²) < 4.78 is 16.8. The molecule has 0 spiro atoms. The van der Waals surface area contributed by atoms with Gasteiger partial charge in [-0.25, -0.2) is 4.79 Å². The van der Waals surface area contributed by atoms with Crippen LogP contribution in [-0.4, -0.2) is 99.5 Å². The van der Waals surface area contributed by atoms with Crippen molar-refractivity contribution in [3.63, 3.8) is 0 Å². The van der Waals surface area contributed by atoms with Crippen LogP contribution in [0.4, 0.5) is 0 Å². The third-order valence-electron chi connectivity index (χ3n) is 6.27. The fraction of sp³-hybridized carbons (Fsp3) is 0.792. The second kappa shape index (κ2) is 13.5. The molecule has 39 heavy (non-hydrogen) atoms. The van der Waals surface area contributed by atoms with Crippen molar-refractivity contribution in [3.05, 3.63) is 0 Å². The molecular formula is C24H40N4O11. The van der Waals surface area contributed by atoms with Crippen molar-refractivity contribution in [1.29, 1.82) is 0 Å². The summed E-state index contributed by atoms with van der Waals surface area (Å²) >= 11 is 0. The number of carboxylic acid groups (broad SMARTS) is 2. The Labute approximate surface area is 226 Å². The second-order valence-electron chi connectivity index (χ2n) is 10.7. The predicted octanol–water partition coefficient (Wildman–Crippen LogP) is -1.59. The third kappa shape index (κ3) is 9.39. The zero-order valence-corrected chi connectivity index (χ0v) is 22.7. The van der Waals surface area contributed by atoms with Gasteiger partial charge in [-0.3, -0.25) is 19.2 Å². The van der Waals surface area contributed by atoms with Crippen molar-refractivity contribution in [2.24, 2.45) is 11.7 Å². The highest BCUT2D eigenvalue weighted by Crippen LogP contribution is 2.38. The van der Waals surface area contributed by atoms with Gasteiger partial charge in [-0.05, 0) is 39.5 Å². The lowest BCUT2D eigenvalue weighted by atomic mass is 10.0. The number of rotatable bonds is 14. The van der Waals surface area contributed by atoms with Gasteiger partial charge in [-0.15, -0.1) is 0 Å². The van der Waals surface area contributed by atoms with Gasteiger partial charge in [0.05, 0.1) is 0 Å². The highest BCUT2D eigenvalue weighted by Gasteiger charge is 2.55. The van der Waals surface area contributed by atoms with Gasteiger partial charge in [0.2, 0.25) is 17.7 Å². The number of aliphatic hydroxyl groups is 1. The molecule has 0 aromatic heterocycles. The summed E-state index contributed by atoms with van der Waals surface area (Å²) in [5.41, 5.74) is 6.09. The summed E-state index contributed by atoms with van der Waals surface area (Å²) in [6.07, 6.45) is -4.77. The first-order valence-corrected chi connectivity index (χ1v) is 12.8. The number of amides is 3. The molecule has 8 N–H and O–H groups in total. The highest BCUT2D eigenvalue weighted by atomic mass is 16.8. The number of nitrogens with two attached hydrogens (primary N) is 1. The molecule has 3 amide bonds. The molecule has 2 rings (SSSR count). The number of carboxylic acids is 2. The van der Waals surface area contributed by atoms with E-state index in [0.717, 1.165) is 0 Å². The van der Waals surface area contributed by atoms with E-state index >= 15 is 0 Å². The van der Waals surface area contributed by atoms with E-state index in [2.05, 4.69) is 16.0 Å². The van der Waals surface area contributed by atoms with Gasteiger partial charge in [0, 0.05) is 18.9 Å². The first-order chi connectivity index (χ1) is 18.0. The highest BCUT2D eigenvalue weighted by molar-refractivity contribution is 5.93. The molecule has 0 aliphatic carbocycles. The summed E-state index contributed by atoms with van der Waals surface area (Å²) in [4.78, 5) is 60.6. The molecule has 2 aliphatic rings. The summed E-state index contributed by atoms with van der Waals surface area (Å²) in [7, 11) is 0. The van der Waals surface area contributed by atoms with Crippen LogP contribution >= 0.6 is 0 Å². The van der Waals surface area contributed by atoms with E-state index in [1.807, 2.05) is 0 Å². The fourth-order valence-corrected chi connectivity index (χ4v) is 4.36. The Morgan fingerprint density at radius 2 is 1.59 bits per heavy atom. The maximum Gasteiger partial charge on any atom is 0.326 e. The third-order valence-corrected chi connectivity index (χ3v) is 6.27. The molecule has 2 fully saturated rings. The minimum atomic E-state index is -1.33. The molecule has 222 valence electrons. The lowest BCUT2D eigenvalue weighted by Crippen LogP contribution is -2.55. The quantitative estimate of drug-likeness (QED) is 0.127. The van der Waals surface area contributed by atoms with Crippen LogP contribution in [0.1, 0.15) is 60.3 Å². The first kappa shape index (κ1) is 32.4. The summed E-state index contributed by atoms with van der Waals surface area (Å²) in [5.74, 6) is -5.72. The zero-order chi connectivity index (χ0) is 29.7. The Bertz CT molecular complexity index is 928. The molecule has 8 atom stereocenters. The van der Waals surface area contributed by atoms with Crippen molar-refractivity contribution in [3.8, 4) is 0 Å². The predicted molar refractivity (Wildman–Crippen MR) is 133 cm³/mol. The number of carbonyl (C=O) groups excluding carboxylic acids is 3. The Balaban J connectivity index is 1.97. The fourth-order valence-electron chi connectivity index (χ4n) is 4.36. The van der Waals surface area contributed by atoms with Gasteiger partial charge in [-0.2, -0.15) is 0 Å². The Kier molecular flexibility index (Phi) is 11.2. The SMILES string of the molecule is CC(C)C[C@H](NC(=O)[C@H](C)NC(=O)[C@H](CCC(=O)O)NC(=O)C[C@H](N)C1O[C@@H]2OC(C)(C)O[C@@H]2[C@H]1O)C(=O)O. The van der Waals surface area contributed by atoms with E-state index < -0.39 is 90.6 Å². The molecule has 0 radical (unpaired) electrons. The number of hydrogen-bond acceptors (Lipinski definition) is 10. The van der Waals surface area contributed by atoms with Crippen molar-refractivity contribution in [2.45, 2.75) is 115 Å². The van der Waals surface area contributed by atoms with Gasteiger partial charge >= 0.3 is 11.9 Å². The number of fused-ring (bicyclic) bond motifs is 1. The van der Waals surface area contributed by atoms with Gasteiger partial charge in [-0.1, -0.05) is 13.8 Å². The molecule has 15 nitrogen and oxygen atoms in total. The lowest BCUT2D eigenvalue weighted by Gasteiger charge is -2.27. The van der Waals surface area contributed by atoms with Gasteiger partial charge < -0.3 is 51.2 Å². The van der Waals surface area contributed by atoms with Crippen LogP contribution in [0, 0.1) is 5.92 Å². The number of hydrogen-bond donors (Lipinski definition) is 7. The maximum absolute atomic E-state index is 12.8. The molecule has 0 aromatic rings. The number of nitrogens with one attached hydrogen (secondary N) is 3. The van der Waals surface area contributed by atoms with Crippen LogP contribution in [0.2, 0.25) is 0 Å². The topological polar surface area (TPSA) is 236 Å². The Morgan fingerprint density at radius 1 is 0.949 bits per heavy atom. The molecule has 2 heterocycles. The minimum absolute atomic E-state index is 0.0134. The van der Waals surface area contributed by atoms with Gasteiger partial charge in [0.1, 0.15) is 36.4 Å². The van der Waals surface area contributed by atoms with Crippen molar-refractivity contribution in [1.82, 2.24) is 16.0 Å². The molecule has 2 saturated heterocycles. The van der Waals surface area contributed by atoms with Gasteiger partial charge in [0.25, 0.3) is 0 Å². The Hall–Kier alpha value is -2.85. The number of aliphatic carboxylic acids is 2. The monoisotopic (exact) mass is 560 g/mol. The molecule has 0 saturated carbocycles. The average molecular weight is 561 g/mol. The average Bonchev–Trinajstić information content (AvgIpc) is 3.27. The normalized spacial score (nSPS) is 26.7. The molecule has 15 heteroatoms. The van der Waals surface area contributed by atoms with E-state index in [-0.39, 0.29) is 25.2 Å². The van der Waals surface area contributed by atoms with Crippen LogP contribution in [0.3, 0.4) is 0 Å². The molecule has 0 bridgehead atoms. The van der Waals surface area contributed by atoms with Crippen molar-refractivity contribution >= 4 is 29.7 Å². The number of ether oxygens (including phenoxy) is 3. The molecule has 0 aromatic carbocycles. The van der Waals surface area contributed by atoms with Crippen LogP contribution in [0.15, 0.2) is 0 Å². The van der Waals surface area contributed by atoms with E-state index in [1.54, 1.807) is 27.7 Å². The second-order valence-corrected chi connectivity index (χ2v) is 10.7. The van der Waals surface area contributed by atoms with E-state index in [4.69, 9.17) is 25.1 Å². The summed E-state index contributed by atoms with van der Waals surface area (Å²) in [5, 5.41) is 36.1. The Morgan fingerprint density at radius 3 is 2.13 bits per heavy atom. The summed E-state index contributed by atoms with van der Waals surface area (Å²) in [6, 6.07) is -4.68. The molecular weight excluding hydrogens is 520 g/mol. The van der Waals surface area contributed by atoms with Crippen LogP contribution in [-0.2, 0) is 38.2 Å². The standard InChI is InChI=1S/C24H40N4O11/c1-10(2)8-14(22(35)36)28-20(33)11(3)26-21(34)13(6-7-16(30)31)27-15(29)9-12(25)18-17(32)19-23(37-18)39-24(4,5)38-19/h10-14,17-19,23,32H,6-9,25H2,1-5H3,(H,26,34)(H,27,29)(H,28,33)(H,30,31)(H,35,36)/t11-,12-,13-,14-,17-,18?,19+,23+/m0/s1. The van der Waals surface area contributed by atoms with E-state index in [9.17, 15) is 34.2 Å². The molecule has 2 aliphatic heterocycles. The largest absolute Gasteiger partial charge is 0.481 e. The first-order valence-electron chi connectivity index (χ1n) is 12.8. The maximum atomic E-state index is 12.8. The van der Waals surface area contributed by atoms with E-state index in [1.165, 1.54) is 6.92 Å². The van der Waals surface area contributed by atoms with Gasteiger partial charge in [0.15, 0.2) is 12.1 Å². The molecule has 1 unspecified atom stereocenters. The number of carbonyl (C=O) groups is 5.